The van der Waals surface area contributed by atoms with Crippen molar-refractivity contribution in [3.63, 3.8) is 0 Å². The molecule has 1 aliphatic carbocycles. The van der Waals surface area contributed by atoms with Crippen LogP contribution in [0.15, 0.2) is 48.5 Å². The molecule has 1 N–H and O–H groups in total. The van der Waals surface area contributed by atoms with Crippen molar-refractivity contribution in [3.05, 3.63) is 65.2 Å². The molecule has 0 unspecified atom stereocenters. The Morgan fingerprint density at radius 3 is 2.31 bits per heavy atom. The second-order valence-corrected chi connectivity index (χ2v) is 10.8. The van der Waals surface area contributed by atoms with Gasteiger partial charge < -0.3 is 15.0 Å². The molecule has 0 spiro atoms. The lowest BCUT2D eigenvalue weighted by Gasteiger charge is -2.33. The number of ether oxygens (including phenoxy) is 1. The molecule has 0 saturated heterocycles. The first-order valence-corrected chi connectivity index (χ1v) is 13.1. The number of carbonyl (C=O) groups excluding carboxylic acids is 2. The Hall–Kier alpha value is -2.82. The standard InChI is InChI=1S/C30H42N2O3/c1-6-26(29(34)31-24-12-8-7-9-13-24)32(20-23-18-16-22(2)17-19-23)28(33)21-35-27-15-11-10-14-25(27)30(3,4)5/h10-11,14-19,24,26H,6-9,12-13,20-21H2,1-5H3,(H,31,34)/t26-/m1/s1. The Labute approximate surface area is 211 Å². The lowest BCUT2D eigenvalue weighted by molar-refractivity contribution is -0.143. The van der Waals surface area contributed by atoms with Crippen LogP contribution in [-0.4, -0.2) is 35.4 Å². The van der Waals surface area contributed by atoms with Gasteiger partial charge in [0.2, 0.25) is 5.91 Å². The topological polar surface area (TPSA) is 58.6 Å². The molecule has 5 nitrogen and oxygen atoms in total. The summed E-state index contributed by atoms with van der Waals surface area (Å²) in [5, 5.41) is 3.23. The van der Waals surface area contributed by atoms with E-state index in [1.165, 1.54) is 6.42 Å². The molecule has 1 atom stereocenters. The van der Waals surface area contributed by atoms with Crippen LogP contribution in [0.1, 0.15) is 82.9 Å². The van der Waals surface area contributed by atoms with Crippen molar-refractivity contribution in [2.24, 2.45) is 0 Å². The maximum atomic E-state index is 13.6. The van der Waals surface area contributed by atoms with E-state index in [4.69, 9.17) is 4.74 Å². The van der Waals surface area contributed by atoms with E-state index in [2.05, 4.69) is 26.1 Å². The second-order valence-electron chi connectivity index (χ2n) is 10.8. The Morgan fingerprint density at radius 1 is 1.03 bits per heavy atom. The van der Waals surface area contributed by atoms with Gasteiger partial charge in [-0.1, -0.05) is 95.0 Å². The number of nitrogens with zero attached hydrogens (tertiary/aromatic N) is 1. The summed E-state index contributed by atoms with van der Waals surface area (Å²) in [4.78, 5) is 28.6. The first kappa shape index (κ1) is 26.8. The summed E-state index contributed by atoms with van der Waals surface area (Å²) in [7, 11) is 0. The highest BCUT2D eigenvalue weighted by Crippen LogP contribution is 2.31. The molecule has 0 heterocycles. The molecular formula is C30H42N2O3. The fraction of sp³-hybridized carbons (Fsp3) is 0.533. The Balaban J connectivity index is 1.79. The van der Waals surface area contributed by atoms with Gasteiger partial charge in [0, 0.05) is 12.6 Å². The number of aryl methyl sites for hydroxylation is 1. The monoisotopic (exact) mass is 478 g/mol. The number of hydrogen-bond donors (Lipinski definition) is 1. The molecule has 2 amide bonds. The van der Waals surface area contributed by atoms with Crippen molar-refractivity contribution >= 4 is 11.8 Å². The van der Waals surface area contributed by atoms with Crippen molar-refractivity contribution in [3.8, 4) is 5.75 Å². The fourth-order valence-electron chi connectivity index (χ4n) is 4.79. The van der Waals surface area contributed by atoms with Gasteiger partial charge in [-0.3, -0.25) is 9.59 Å². The molecule has 0 bridgehead atoms. The lowest BCUT2D eigenvalue weighted by atomic mass is 9.86. The Bertz CT molecular complexity index is 972. The molecule has 3 rings (SSSR count). The van der Waals surface area contributed by atoms with Crippen LogP contribution in [0, 0.1) is 6.92 Å². The van der Waals surface area contributed by atoms with Crippen LogP contribution >= 0.6 is 0 Å². The van der Waals surface area contributed by atoms with Gasteiger partial charge in [-0.15, -0.1) is 0 Å². The van der Waals surface area contributed by atoms with Gasteiger partial charge in [-0.2, -0.15) is 0 Å². The third-order valence-corrected chi connectivity index (χ3v) is 6.86. The molecule has 0 radical (unpaired) electrons. The molecule has 1 fully saturated rings. The largest absolute Gasteiger partial charge is 0.483 e. The van der Waals surface area contributed by atoms with Crippen LogP contribution in [0.2, 0.25) is 0 Å². The average molecular weight is 479 g/mol. The highest BCUT2D eigenvalue weighted by molar-refractivity contribution is 5.88. The van der Waals surface area contributed by atoms with Crippen molar-refractivity contribution in [2.45, 2.75) is 97.2 Å². The first-order chi connectivity index (χ1) is 16.7. The highest BCUT2D eigenvalue weighted by atomic mass is 16.5. The minimum atomic E-state index is -0.535. The summed E-state index contributed by atoms with van der Waals surface area (Å²) in [5.74, 6) is 0.471. The summed E-state index contributed by atoms with van der Waals surface area (Å²) in [6, 6.07) is 15.7. The number of nitrogens with one attached hydrogen (secondary N) is 1. The maximum absolute atomic E-state index is 13.6. The van der Waals surface area contributed by atoms with E-state index >= 15 is 0 Å². The van der Waals surface area contributed by atoms with E-state index in [0.29, 0.717) is 18.7 Å². The number of para-hydroxylation sites is 1. The van der Waals surface area contributed by atoms with Crippen molar-refractivity contribution in [2.75, 3.05) is 6.61 Å². The van der Waals surface area contributed by atoms with Crippen LogP contribution in [0.5, 0.6) is 5.75 Å². The van der Waals surface area contributed by atoms with Crippen LogP contribution in [0.3, 0.4) is 0 Å². The average Bonchev–Trinajstić information content (AvgIpc) is 2.84. The predicted octanol–water partition coefficient (Wildman–Crippen LogP) is 5.93. The van der Waals surface area contributed by atoms with Crippen LogP contribution in [0.25, 0.3) is 0 Å². The molecule has 190 valence electrons. The Morgan fingerprint density at radius 2 is 1.69 bits per heavy atom. The van der Waals surface area contributed by atoms with Crippen LogP contribution < -0.4 is 10.1 Å². The van der Waals surface area contributed by atoms with E-state index in [1.807, 2.05) is 62.4 Å². The number of carbonyl (C=O) groups is 2. The first-order valence-electron chi connectivity index (χ1n) is 13.1. The minimum absolute atomic E-state index is 0.0602. The Kier molecular flexibility index (Phi) is 9.36. The molecule has 1 aliphatic rings. The summed E-state index contributed by atoms with van der Waals surface area (Å²) in [6.07, 6.45) is 6.11. The normalized spacial score (nSPS) is 15.3. The summed E-state index contributed by atoms with van der Waals surface area (Å²) < 4.78 is 6.06. The van der Waals surface area contributed by atoms with Crippen molar-refractivity contribution in [1.29, 1.82) is 0 Å². The third-order valence-electron chi connectivity index (χ3n) is 6.86. The SMILES string of the molecule is CC[C@H](C(=O)NC1CCCCC1)N(Cc1ccc(C)cc1)C(=O)COc1ccccc1C(C)(C)C. The quantitative estimate of drug-likeness (QED) is 0.486. The van der Waals surface area contributed by atoms with Gasteiger partial charge in [0.1, 0.15) is 11.8 Å². The molecule has 35 heavy (non-hydrogen) atoms. The highest BCUT2D eigenvalue weighted by Gasteiger charge is 2.31. The van der Waals surface area contributed by atoms with Gasteiger partial charge in [0.25, 0.3) is 5.91 Å². The molecule has 2 aromatic carbocycles. The molecule has 1 saturated carbocycles. The number of hydrogen-bond acceptors (Lipinski definition) is 3. The van der Waals surface area contributed by atoms with Crippen molar-refractivity contribution < 1.29 is 14.3 Å². The molecule has 5 heteroatoms. The number of rotatable bonds is 9. The summed E-state index contributed by atoms with van der Waals surface area (Å²) in [6.45, 7) is 10.7. The summed E-state index contributed by atoms with van der Waals surface area (Å²) in [5.41, 5.74) is 3.12. The zero-order chi connectivity index (χ0) is 25.4. The fourth-order valence-corrected chi connectivity index (χ4v) is 4.79. The van der Waals surface area contributed by atoms with Gasteiger partial charge in [-0.25, -0.2) is 0 Å². The predicted molar refractivity (Wildman–Crippen MR) is 141 cm³/mol. The van der Waals surface area contributed by atoms with Gasteiger partial charge in [-0.05, 0) is 48.8 Å². The van der Waals surface area contributed by atoms with E-state index in [0.717, 1.165) is 42.4 Å². The zero-order valence-corrected chi connectivity index (χ0v) is 22.1. The molecule has 0 aromatic heterocycles. The lowest BCUT2D eigenvalue weighted by Crippen LogP contribution is -2.52. The van der Waals surface area contributed by atoms with Gasteiger partial charge >= 0.3 is 0 Å². The van der Waals surface area contributed by atoms with E-state index in [1.54, 1.807) is 4.90 Å². The zero-order valence-electron chi connectivity index (χ0n) is 22.1. The molecule has 0 aliphatic heterocycles. The molecular weight excluding hydrogens is 436 g/mol. The van der Waals surface area contributed by atoms with E-state index < -0.39 is 6.04 Å². The van der Waals surface area contributed by atoms with Gasteiger partial charge in [0.15, 0.2) is 6.61 Å². The maximum Gasteiger partial charge on any atom is 0.261 e. The van der Waals surface area contributed by atoms with E-state index in [-0.39, 0.29) is 29.9 Å². The second kappa shape index (κ2) is 12.2. The van der Waals surface area contributed by atoms with Crippen LogP contribution in [-0.2, 0) is 21.5 Å². The third kappa shape index (κ3) is 7.58. The van der Waals surface area contributed by atoms with Crippen molar-refractivity contribution in [1.82, 2.24) is 10.2 Å². The molecule has 2 aromatic rings. The van der Waals surface area contributed by atoms with Crippen LogP contribution in [0.4, 0.5) is 0 Å². The van der Waals surface area contributed by atoms with Gasteiger partial charge in [0.05, 0.1) is 0 Å². The minimum Gasteiger partial charge on any atom is -0.483 e. The smallest absolute Gasteiger partial charge is 0.261 e. The summed E-state index contributed by atoms with van der Waals surface area (Å²) >= 11 is 0. The van der Waals surface area contributed by atoms with E-state index in [9.17, 15) is 9.59 Å². The number of benzene rings is 2. The number of amides is 2.